The summed E-state index contributed by atoms with van der Waals surface area (Å²) in [7, 11) is 0. The van der Waals surface area contributed by atoms with Gasteiger partial charge in [0.25, 0.3) is 0 Å². The smallest absolute Gasteiger partial charge is 0.204 e. The Morgan fingerprint density at radius 1 is 1.00 bits per heavy atom. The maximum Gasteiger partial charge on any atom is 0.204 e. The van der Waals surface area contributed by atoms with E-state index in [1.807, 2.05) is 12.1 Å². The zero-order valence-electron chi connectivity index (χ0n) is 17.4. The average Bonchev–Trinajstić information content (AvgIpc) is 3.06. The fourth-order valence-corrected chi connectivity index (χ4v) is 6.44. The van der Waals surface area contributed by atoms with Gasteiger partial charge in [0, 0.05) is 24.3 Å². The van der Waals surface area contributed by atoms with Crippen molar-refractivity contribution in [2.75, 3.05) is 0 Å². The van der Waals surface area contributed by atoms with Crippen LogP contribution in [0.3, 0.4) is 0 Å². The van der Waals surface area contributed by atoms with Crippen molar-refractivity contribution in [2.45, 2.75) is 95.2 Å². The third-order valence-corrected chi connectivity index (χ3v) is 8.11. The predicted molar refractivity (Wildman–Crippen MR) is 108 cm³/mol. The molecule has 1 heterocycles. The molecule has 5 rings (SSSR count). The van der Waals surface area contributed by atoms with Crippen LogP contribution in [-0.2, 0) is 21.1 Å². The first-order valence-electron chi connectivity index (χ1n) is 11.5. The van der Waals surface area contributed by atoms with Crippen LogP contribution in [-0.4, -0.2) is 21.8 Å². The first-order valence-corrected chi connectivity index (χ1v) is 11.5. The quantitative estimate of drug-likeness (QED) is 0.685. The van der Waals surface area contributed by atoms with E-state index in [0.717, 1.165) is 37.5 Å². The molecule has 0 amide bonds. The van der Waals surface area contributed by atoms with Gasteiger partial charge < -0.3 is 14.9 Å². The summed E-state index contributed by atoms with van der Waals surface area (Å²) in [5.41, 5.74) is 1.76. The fraction of sp³-hybridized carbons (Fsp3) is 0.750. The number of fused-ring (bicyclic) bond motifs is 2. The van der Waals surface area contributed by atoms with Crippen LogP contribution in [0, 0.1) is 17.8 Å². The second-order valence-corrected chi connectivity index (χ2v) is 10.1. The van der Waals surface area contributed by atoms with Crippen LogP contribution in [0.2, 0.25) is 0 Å². The van der Waals surface area contributed by atoms with Crippen LogP contribution >= 0.6 is 0 Å². The summed E-state index contributed by atoms with van der Waals surface area (Å²) >= 11 is 0. The van der Waals surface area contributed by atoms with Gasteiger partial charge in [-0.15, -0.1) is 0 Å². The summed E-state index contributed by atoms with van der Waals surface area (Å²) in [6.07, 6.45) is 11.4. The van der Waals surface area contributed by atoms with E-state index in [9.17, 15) is 10.2 Å². The molecule has 3 atom stereocenters. The average molecular weight is 403 g/mol. The predicted octanol–water partition coefficient (Wildman–Crippen LogP) is 5.15. The van der Waals surface area contributed by atoms with Gasteiger partial charge in [0.05, 0.1) is 6.61 Å². The maximum absolute atomic E-state index is 9.82. The molecule has 1 saturated heterocycles. The van der Waals surface area contributed by atoms with E-state index < -0.39 is 11.6 Å². The zero-order chi connectivity index (χ0) is 20.1. The van der Waals surface area contributed by atoms with Crippen molar-refractivity contribution < 1.29 is 24.7 Å². The normalized spacial score (nSPS) is 42.3. The van der Waals surface area contributed by atoms with Crippen molar-refractivity contribution in [3.8, 4) is 5.75 Å². The van der Waals surface area contributed by atoms with E-state index in [1.54, 1.807) is 6.07 Å². The molecule has 160 valence electrons. The molecule has 2 unspecified atom stereocenters. The highest BCUT2D eigenvalue weighted by atomic mass is 17.3. The molecule has 1 aromatic rings. The summed E-state index contributed by atoms with van der Waals surface area (Å²) in [6.45, 7) is 1.95. The highest BCUT2D eigenvalue weighted by Gasteiger charge is 2.56. The minimum Gasteiger partial charge on any atom is -0.508 e. The topological polar surface area (TPSA) is 68.2 Å². The number of hydrogen-bond donors (Lipinski definition) is 2. The van der Waals surface area contributed by atoms with Gasteiger partial charge in [-0.1, -0.05) is 25.3 Å². The molecule has 0 aromatic heterocycles. The highest BCUT2D eigenvalue weighted by molar-refractivity contribution is 5.37. The monoisotopic (exact) mass is 402 g/mol. The van der Waals surface area contributed by atoms with Crippen molar-refractivity contribution in [3.63, 3.8) is 0 Å². The molecule has 2 N–H and O–H groups in total. The van der Waals surface area contributed by atoms with Crippen LogP contribution in [0.4, 0.5) is 0 Å². The number of benzene rings is 1. The minimum atomic E-state index is -0.621. The molecule has 29 heavy (non-hydrogen) atoms. The summed E-state index contributed by atoms with van der Waals surface area (Å²) < 4.78 is 6.61. The lowest BCUT2D eigenvalue weighted by Crippen LogP contribution is -2.45. The van der Waals surface area contributed by atoms with Gasteiger partial charge in [0.15, 0.2) is 0 Å². The zero-order valence-corrected chi connectivity index (χ0v) is 17.4. The Hall–Kier alpha value is -1.14. The molecule has 1 spiro atoms. The van der Waals surface area contributed by atoms with Crippen LogP contribution in [0.1, 0.15) is 88.2 Å². The van der Waals surface area contributed by atoms with Crippen molar-refractivity contribution in [1.82, 2.24) is 0 Å². The summed E-state index contributed by atoms with van der Waals surface area (Å²) in [5, 5.41) is 19.3. The van der Waals surface area contributed by atoms with Crippen molar-refractivity contribution in [1.29, 1.82) is 0 Å². The van der Waals surface area contributed by atoms with Gasteiger partial charge >= 0.3 is 0 Å². The number of rotatable bonds is 3. The molecule has 3 aliphatic carbocycles. The third-order valence-electron chi connectivity index (χ3n) is 8.11. The van der Waals surface area contributed by atoms with Crippen molar-refractivity contribution in [2.24, 2.45) is 17.8 Å². The molecule has 0 radical (unpaired) electrons. The van der Waals surface area contributed by atoms with Crippen LogP contribution in [0.25, 0.3) is 0 Å². The lowest BCUT2D eigenvalue weighted by atomic mass is 9.66. The standard InChI is InChI=1S/C24H34O5/c1-23(21-12-16-3-2-4-17(11-16)13-21)27-24(29-28-23)9-7-18(8-10-24)19-5-6-22(26)20(14-19)15-25/h5-6,14,16-18,21,25-26H,2-4,7-13,15H2,1H3/t16?,17?,18-,21?,23-,24+/m0/s1. The first-order chi connectivity index (χ1) is 14.0. The van der Waals surface area contributed by atoms with Crippen molar-refractivity contribution >= 4 is 0 Å². The summed E-state index contributed by atoms with van der Waals surface area (Å²) in [5.74, 6) is 1.40. The number of hydrogen-bond acceptors (Lipinski definition) is 5. The second-order valence-electron chi connectivity index (χ2n) is 10.1. The minimum absolute atomic E-state index is 0.141. The Balaban J connectivity index is 1.24. The number of aliphatic hydroxyl groups excluding tert-OH is 1. The molecule has 4 aliphatic rings. The van der Waals surface area contributed by atoms with E-state index in [1.165, 1.54) is 44.1 Å². The molecule has 1 aromatic carbocycles. The molecule has 5 heteroatoms. The number of phenols is 1. The Bertz CT molecular complexity index is 729. The van der Waals surface area contributed by atoms with Crippen molar-refractivity contribution in [3.05, 3.63) is 29.3 Å². The molecule has 4 fully saturated rings. The lowest BCUT2D eigenvalue weighted by molar-refractivity contribution is -0.361. The highest BCUT2D eigenvalue weighted by Crippen LogP contribution is 2.53. The maximum atomic E-state index is 9.82. The van der Waals surface area contributed by atoms with Gasteiger partial charge in [-0.25, -0.2) is 0 Å². The molecule has 2 bridgehead atoms. The summed E-state index contributed by atoms with van der Waals surface area (Å²) in [6, 6.07) is 5.58. The van der Waals surface area contributed by atoms with Gasteiger partial charge in [-0.2, -0.15) is 9.78 Å². The van der Waals surface area contributed by atoms with E-state index in [2.05, 4.69) is 6.92 Å². The fourth-order valence-electron chi connectivity index (χ4n) is 6.44. The van der Waals surface area contributed by atoms with Crippen LogP contribution in [0.15, 0.2) is 18.2 Å². The Morgan fingerprint density at radius 2 is 1.72 bits per heavy atom. The van der Waals surface area contributed by atoms with Crippen LogP contribution in [0.5, 0.6) is 5.75 Å². The van der Waals surface area contributed by atoms with Gasteiger partial charge in [0.1, 0.15) is 5.75 Å². The molecule has 5 nitrogen and oxygen atoms in total. The third kappa shape index (κ3) is 3.71. The van der Waals surface area contributed by atoms with Gasteiger partial charge in [-0.05, 0) is 74.5 Å². The molecular weight excluding hydrogens is 368 g/mol. The molecule has 1 aliphatic heterocycles. The first kappa shape index (κ1) is 19.8. The van der Waals surface area contributed by atoms with E-state index in [4.69, 9.17) is 14.5 Å². The van der Waals surface area contributed by atoms with E-state index in [0.29, 0.717) is 17.4 Å². The number of aromatic hydroxyl groups is 1. The number of aliphatic hydroxyl groups is 1. The number of ether oxygens (including phenoxy) is 1. The van der Waals surface area contributed by atoms with E-state index >= 15 is 0 Å². The SMILES string of the molecule is C[C@@]1(C2CC3CCCC(C3)C2)OO[C@]2(CC[C@@H](c3ccc(O)c(CO)c3)CC2)O1. The summed E-state index contributed by atoms with van der Waals surface area (Å²) in [4.78, 5) is 11.9. The Morgan fingerprint density at radius 3 is 2.41 bits per heavy atom. The largest absolute Gasteiger partial charge is 0.508 e. The van der Waals surface area contributed by atoms with Gasteiger partial charge in [-0.3, -0.25) is 0 Å². The lowest BCUT2D eigenvalue weighted by Gasteiger charge is -2.44. The second kappa shape index (κ2) is 7.52. The Labute approximate surface area is 173 Å². The van der Waals surface area contributed by atoms with Gasteiger partial charge in [0.2, 0.25) is 11.6 Å². The Kier molecular flexibility index (Phi) is 5.14. The van der Waals surface area contributed by atoms with Crippen LogP contribution < -0.4 is 0 Å². The molecular formula is C24H34O5. The van der Waals surface area contributed by atoms with E-state index in [-0.39, 0.29) is 12.4 Å². The molecule has 3 saturated carbocycles.